The van der Waals surface area contributed by atoms with Crippen molar-refractivity contribution in [1.29, 1.82) is 0 Å². The van der Waals surface area contributed by atoms with Crippen LogP contribution in [0.1, 0.15) is 15.9 Å². The van der Waals surface area contributed by atoms with Gasteiger partial charge in [-0.15, -0.1) is 0 Å². The van der Waals surface area contributed by atoms with Gasteiger partial charge in [-0.05, 0) is 42.3 Å². The fourth-order valence-electron chi connectivity index (χ4n) is 2.23. The fraction of sp³-hybridized carbons (Fsp3) is 0.278. The summed E-state index contributed by atoms with van der Waals surface area (Å²) in [5.41, 5.74) is 2.89. The average Bonchev–Trinajstić information content (AvgIpc) is 2.55. The molecule has 0 fully saturated rings. The Morgan fingerprint density at radius 3 is 2.48 bits per heavy atom. The molecule has 0 saturated carbocycles. The second kappa shape index (κ2) is 8.02. The maximum Gasteiger partial charge on any atom is 0.255 e. The van der Waals surface area contributed by atoms with Crippen molar-refractivity contribution in [3.05, 3.63) is 58.1 Å². The second-order valence-corrected chi connectivity index (χ2v) is 6.33. The van der Waals surface area contributed by atoms with Crippen LogP contribution in [-0.4, -0.2) is 33.7 Å². The quantitative estimate of drug-likeness (QED) is 0.838. The number of ether oxygens (including phenoxy) is 1. The molecule has 23 heavy (non-hydrogen) atoms. The number of carbonyl (C=O) groups excluding carboxylic acids is 1. The molecule has 0 aliphatic carbocycles. The van der Waals surface area contributed by atoms with Crippen molar-refractivity contribution < 1.29 is 9.53 Å². The fourth-order valence-corrected chi connectivity index (χ4v) is 2.60. The molecule has 1 amide bonds. The molecule has 0 aliphatic heterocycles. The summed E-state index contributed by atoms with van der Waals surface area (Å²) in [5, 5.41) is 2.94. The van der Waals surface area contributed by atoms with Gasteiger partial charge in [-0.1, -0.05) is 28.1 Å². The lowest BCUT2D eigenvalue weighted by Gasteiger charge is -2.13. The lowest BCUT2D eigenvalue weighted by atomic mass is 10.1. The highest BCUT2D eigenvalue weighted by molar-refractivity contribution is 9.10. The van der Waals surface area contributed by atoms with Crippen molar-refractivity contribution in [2.45, 2.75) is 6.42 Å². The van der Waals surface area contributed by atoms with Crippen LogP contribution in [0.3, 0.4) is 0 Å². The number of benzene rings is 2. The first kappa shape index (κ1) is 17.3. The van der Waals surface area contributed by atoms with Gasteiger partial charge >= 0.3 is 0 Å². The van der Waals surface area contributed by atoms with Gasteiger partial charge in [0, 0.05) is 30.8 Å². The van der Waals surface area contributed by atoms with Crippen LogP contribution in [0.5, 0.6) is 5.75 Å². The third-order valence-corrected chi connectivity index (χ3v) is 4.05. The Hall–Kier alpha value is -2.01. The zero-order valence-corrected chi connectivity index (χ0v) is 15.2. The van der Waals surface area contributed by atoms with Gasteiger partial charge in [0.1, 0.15) is 5.75 Å². The first-order chi connectivity index (χ1) is 11.0. The van der Waals surface area contributed by atoms with E-state index in [1.54, 1.807) is 19.2 Å². The highest BCUT2D eigenvalue weighted by Crippen LogP contribution is 2.22. The van der Waals surface area contributed by atoms with Gasteiger partial charge in [0.2, 0.25) is 0 Å². The summed E-state index contributed by atoms with van der Waals surface area (Å²) in [5.74, 6) is 0.439. The number of hydrogen-bond acceptors (Lipinski definition) is 3. The molecule has 5 heteroatoms. The predicted molar refractivity (Wildman–Crippen MR) is 97.5 cm³/mol. The van der Waals surface area contributed by atoms with Crippen LogP contribution < -0.4 is 15.0 Å². The van der Waals surface area contributed by atoms with E-state index in [4.69, 9.17) is 4.74 Å². The van der Waals surface area contributed by atoms with Crippen molar-refractivity contribution >= 4 is 27.5 Å². The first-order valence-corrected chi connectivity index (χ1v) is 8.18. The van der Waals surface area contributed by atoms with Gasteiger partial charge in [-0.3, -0.25) is 4.79 Å². The van der Waals surface area contributed by atoms with E-state index in [0.717, 1.165) is 16.6 Å². The zero-order chi connectivity index (χ0) is 16.8. The molecule has 1 N–H and O–H groups in total. The van der Waals surface area contributed by atoms with Gasteiger partial charge in [0.15, 0.2) is 0 Å². The van der Waals surface area contributed by atoms with Gasteiger partial charge in [-0.25, -0.2) is 0 Å². The van der Waals surface area contributed by atoms with E-state index in [9.17, 15) is 4.79 Å². The molecule has 2 aromatic carbocycles. The van der Waals surface area contributed by atoms with Crippen molar-refractivity contribution in [2.24, 2.45) is 0 Å². The second-order valence-electron chi connectivity index (χ2n) is 5.41. The number of methoxy groups -OCH3 is 1. The summed E-state index contributed by atoms with van der Waals surface area (Å²) in [7, 11) is 5.59. The van der Waals surface area contributed by atoms with E-state index in [1.807, 2.05) is 20.2 Å². The third kappa shape index (κ3) is 4.73. The summed E-state index contributed by atoms with van der Waals surface area (Å²) in [6, 6.07) is 13.7. The van der Waals surface area contributed by atoms with Crippen LogP contribution in [0.25, 0.3) is 0 Å². The molecule has 0 aliphatic rings. The van der Waals surface area contributed by atoms with Crippen LogP contribution in [0.15, 0.2) is 46.9 Å². The Balaban J connectivity index is 1.93. The average molecular weight is 377 g/mol. The Morgan fingerprint density at radius 1 is 1.17 bits per heavy atom. The van der Waals surface area contributed by atoms with Crippen molar-refractivity contribution in [2.75, 3.05) is 32.6 Å². The van der Waals surface area contributed by atoms with Crippen LogP contribution >= 0.6 is 15.9 Å². The highest BCUT2D eigenvalue weighted by atomic mass is 79.9. The number of hydrogen-bond donors (Lipinski definition) is 1. The molecule has 0 atom stereocenters. The summed E-state index contributed by atoms with van der Waals surface area (Å²) in [6.07, 6.45) is 0.787. The lowest BCUT2D eigenvalue weighted by Crippen LogP contribution is -2.26. The molecule has 0 unspecified atom stereocenters. The van der Waals surface area contributed by atoms with E-state index < -0.39 is 0 Å². The highest BCUT2D eigenvalue weighted by Gasteiger charge is 2.12. The Kier molecular flexibility index (Phi) is 6.04. The standard InChI is InChI=1S/C18H21BrN2O2/c1-21(2)15-7-4-13(5-8-15)10-11-20-18(22)16-12-14(19)6-9-17(16)23-3/h4-9,12H,10-11H2,1-3H3,(H,20,22). The molecule has 2 rings (SSSR count). The van der Waals surface area contributed by atoms with Crippen molar-refractivity contribution in [3.63, 3.8) is 0 Å². The molecule has 0 spiro atoms. The number of nitrogens with zero attached hydrogens (tertiary/aromatic N) is 1. The maximum atomic E-state index is 12.3. The summed E-state index contributed by atoms with van der Waals surface area (Å²) in [6.45, 7) is 0.579. The number of carbonyl (C=O) groups is 1. The number of anilines is 1. The summed E-state index contributed by atoms with van der Waals surface area (Å²) in [4.78, 5) is 14.4. The molecule has 0 radical (unpaired) electrons. The van der Waals surface area contributed by atoms with Crippen LogP contribution in [0, 0.1) is 0 Å². The largest absolute Gasteiger partial charge is 0.496 e. The van der Waals surface area contributed by atoms with Crippen molar-refractivity contribution in [1.82, 2.24) is 5.32 Å². The molecule has 0 saturated heterocycles. The zero-order valence-electron chi connectivity index (χ0n) is 13.6. The molecule has 2 aromatic rings. The minimum atomic E-state index is -0.131. The van der Waals surface area contributed by atoms with E-state index in [0.29, 0.717) is 17.9 Å². The first-order valence-electron chi connectivity index (χ1n) is 7.39. The summed E-state index contributed by atoms with van der Waals surface area (Å²) >= 11 is 3.38. The van der Waals surface area contributed by atoms with E-state index >= 15 is 0 Å². The predicted octanol–water partition coefficient (Wildman–Crippen LogP) is 3.50. The molecule has 4 nitrogen and oxygen atoms in total. The Labute approximate surface area is 145 Å². The van der Waals surface area contributed by atoms with E-state index in [1.165, 1.54) is 5.56 Å². The SMILES string of the molecule is COc1ccc(Br)cc1C(=O)NCCc1ccc(N(C)C)cc1. The molecule has 0 aromatic heterocycles. The van der Waals surface area contributed by atoms with Gasteiger partial charge in [-0.2, -0.15) is 0 Å². The van der Waals surface area contributed by atoms with Crippen LogP contribution in [0.2, 0.25) is 0 Å². The van der Waals surface area contributed by atoms with Gasteiger partial charge < -0.3 is 15.0 Å². The molecular formula is C18H21BrN2O2. The Bertz CT molecular complexity index is 669. The van der Waals surface area contributed by atoms with Crippen LogP contribution in [-0.2, 0) is 6.42 Å². The summed E-state index contributed by atoms with van der Waals surface area (Å²) < 4.78 is 6.09. The minimum Gasteiger partial charge on any atom is -0.496 e. The normalized spacial score (nSPS) is 10.3. The van der Waals surface area contributed by atoms with Crippen molar-refractivity contribution in [3.8, 4) is 5.75 Å². The molecule has 0 heterocycles. The maximum absolute atomic E-state index is 12.3. The van der Waals surface area contributed by atoms with Gasteiger partial charge in [0.25, 0.3) is 5.91 Å². The number of rotatable bonds is 6. The third-order valence-electron chi connectivity index (χ3n) is 3.56. The smallest absolute Gasteiger partial charge is 0.255 e. The molecule has 0 bridgehead atoms. The number of halogens is 1. The topological polar surface area (TPSA) is 41.6 Å². The van der Waals surface area contributed by atoms with E-state index in [2.05, 4.69) is 50.4 Å². The van der Waals surface area contributed by atoms with Gasteiger partial charge in [0.05, 0.1) is 12.7 Å². The minimum absolute atomic E-state index is 0.131. The molecular weight excluding hydrogens is 356 g/mol. The molecule has 122 valence electrons. The van der Waals surface area contributed by atoms with Crippen LogP contribution in [0.4, 0.5) is 5.69 Å². The lowest BCUT2D eigenvalue weighted by molar-refractivity contribution is 0.0951. The number of nitrogens with one attached hydrogen (secondary N) is 1. The van der Waals surface area contributed by atoms with E-state index in [-0.39, 0.29) is 5.91 Å². The number of amides is 1. The Morgan fingerprint density at radius 2 is 1.87 bits per heavy atom. The monoisotopic (exact) mass is 376 g/mol.